The lowest BCUT2D eigenvalue weighted by Crippen LogP contribution is -1.86. The van der Waals surface area contributed by atoms with Gasteiger partial charge >= 0.3 is 0 Å². The third kappa shape index (κ3) is 4.94. The zero-order valence-corrected chi connectivity index (χ0v) is 6.32. The molecule has 0 aliphatic rings. The molecule has 0 rings (SSSR count). The zero-order valence-electron chi connectivity index (χ0n) is 6.32. The van der Waals surface area contributed by atoms with Crippen molar-refractivity contribution in [2.45, 2.75) is 26.7 Å². The van der Waals surface area contributed by atoms with Gasteiger partial charge < -0.3 is 0 Å². The average molecular weight is 134 g/mol. The summed E-state index contributed by atoms with van der Waals surface area (Å²) in [5, 5.41) is 0. The van der Waals surface area contributed by atoms with Crippen LogP contribution in [0.25, 0.3) is 0 Å². The average Bonchev–Trinajstić information content (AvgIpc) is 1.98. The van der Waals surface area contributed by atoms with Gasteiger partial charge in [0.05, 0.1) is 0 Å². The lowest BCUT2D eigenvalue weighted by Gasteiger charge is -1.73. The largest absolute Gasteiger partial charge is 0.285 e. The molecular weight excluding hydrogens is 124 g/mol. The molecule has 0 bridgehead atoms. The maximum Gasteiger partial charge on any atom is 0.206 e. The summed E-state index contributed by atoms with van der Waals surface area (Å²) in [7, 11) is 0. The van der Waals surface area contributed by atoms with Crippen LogP contribution in [0.4, 0.5) is 0 Å². The Morgan fingerprint density at radius 3 is 2.50 bits per heavy atom. The van der Waals surface area contributed by atoms with Crippen molar-refractivity contribution in [2.75, 3.05) is 0 Å². The first-order chi connectivity index (χ1) is 4.81. The third-order valence-electron chi connectivity index (χ3n) is 0.851. The Bertz CT molecular complexity index is 217. The highest BCUT2D eigenvalue weighted by molar-refractivity contribution is 5.95. The Kier molecular flexibility index (Phi) is 5.20. The van der Waals surface area contributed by atoms with Gasteiger partial charge in [0.15, 0.2) is 0 Å². The monoisotopic (exact) mass is 134 g/mol. The van der Waals surface area contributed by atoms with Crippen LogP contribution in [-0.2, 0) is 4.79 Å². The molecule has 0 aromatic carbocycles. The normalized spacial score (nSPS) is 6.60. The number of rotatable bonds is 1. The Morgan fingerprint density at radius 1 is 1.30 bits per heavy atom. The SMILES string of the molecule is CCC#CC#CC(=O)CC. The number of hydrogen-bond donors (Lipinski definition) is 0. The fraction of sp³-hybridized carbons (Fsp3) is 0.444. The van der Waals surface area contributed by atoms with Gasteiger partial charge in [-0.25, -0.2) is 0 Å². The summed E-state index contributed by atoms with van der Waals surface area (Å²) in [5.41, 5.74) is 0. The van der Waals surface area contributed by atoms with Crippen molar-refractivity contribution in [1.82, 2.24) is 0 Å². The van der Waals surface area contributed by atoms with E-state index in [9.17, 15) is 4.79 Å². The van der Waals surface area contributed by atoms with Crippen molar-refractivity contribution in [1.29, 1.82) is 0 Å². The molecule has 0 aliphatic heterocycles. The lowest BCUT2D eigenvalue weighted by molar-refractivity contribution is -0.113. The highest BCUT2D eigenvalue weighted by Gasteiger charge is 1.85. The van der Waals surface area contributed by atoms with Gasteiger partial charge in [-0.15, -0.1) is 0 Å². The van der Waals surface area contributed by atoms with Crippen LogP contribution >= 0.6 is 0 Å². The molecule has 52 valence electrons. The molecule has 0 amide bonds. The summed E-state index contributed by atoms with van der Waals surface area (Å²) in [6.07, 6.45) is 1.26. The standard InChI is InChI=1S/C9H10O/c1-3-5-6-7-8-9(10)4-2/h3-4H2,1-2H3. The first-order valence-corrected chi connectivity index (χ1v) is 3.33. The van der Waals surface area contributed by atoms with Gasteiger partial charge in [0, 0.05) is 12.8 Å². The van der Waals surface area contributed by atoms with Crippen molar-refractivity contribution in [2.24, 2.45) is 0 Å². The van der Waals surface area contributed by atoms with Crippen LogP contribution in [0.3, 0.4) is 0 Å². The quantitative estimate of drug-likeness (QED) is 0.391. The van der Waals surface area contributed by atoms with Crippen LogP contribution in [0.2, 0.25) is 0 Å². The van der Waals surface area contributed by atoms with E-state index < -0.39 is 0 Å². The summed E-state index contributed by atoms with van der Waals surface area (Å²) in [6.45, 7) is 3.72. The molecule has 0 aliphatic carbocycles. The number of ketones is 1. The maximum absolute atomic E-state index is 10.5. The van der Waals surface area contributed by atoms with Gasteiger partial charge in [-0.3, -0.25) is 4.79 Å². The molecule has 0 heterocycles. The zero-order chi connectivity index (χ0) is 7.82. The van der Waals surface area contributed by atoms with Crippen molar-refractivity contribution in [3.05, 3.63) is 0 Å². The molecule has 0 unspecified atom stereocenters. The molecule has 0 saturated carbocycles. The van der Waals surface area contributed by atoms with Gasteiger partial charge in [0.25, 0.3) is 0 Å². The molecule has 0 fully saturated rings. The molecule has 0 atom stereocenters. The second-order valence-electron chi connectivity index (χ2n) is 1.68. The Labute approximate surface area is 61.8 Å². The molecule has 1 heteroatoms. The Hall–Kier alpha value is -1.21. The highest BCUT2D eigenvalue weighted by Crippen LogP contribution is 1.74. The van der Waals surface area contributed by atoms with Crippen molar-refractivity contribution >= 4 is 5.78 Å². The predicted octanol–water partition coefficient (Wildman–Crippen LogP) is 1.38. The molecule has 10 heavy (non-hydrogen) atoms. The van der Waals surface area contributed by atoms with E-state index in [2.05, 4.69) is 23.7 Å². The van der Waals surface area contributed by atoms with E-state index in [0.29, 0.717) is 6.42 Å². The van der Waals surface area contributed by atoms with Gasteiger partial charge in [-0.05, 0) is 17.8 Å². The van der Waals surface area contributed by atoms with E-state index in [1.807, 2.05) is 6.92 Å². The van der Waals surface area contributed by atoms with Crippen molar-refractivity contribution in [3.63, 3.8) is 0 Å². The predicted molar refractivity (Wildman–Crippen MR) is 41.1 cm³/mol. The Balaban J connectivity index is 3.80. The summed E-state index contributed by atoms with van der Waals surface area (Å²) in [6, 6.07) is 0. The van der Waals surface area contributed by atoms with Gasteiger partial charge in [0.1, 0.15) is 0 Å². The van der Waals surface area contributed by atoms with Crippen LogP contribution in [0.5, 0.6) is 0 Å². The van der Waals surface area contributed by atoms with Crippen molar-refractivity contribution < 1.29 is 4.79 Å². The van der Waals surface area contributed by atoms with E-state index >= 15 is 0 Å². The summed E-state index contributed by atoms with van der Waals surface area (Å²) >= 11 is 0. The van der Waals surface area contributed by atoms with E-state index in [4.69, 9.17) is 0 Å². The van der Waals surface area contributed by atoms with Crippen LogP contribution in [0.1, 0.15) is 26.7 Å². The van der Waals surface area contributed by atoms with Crippen LogP contribution < -0.4 is 0 Å². The Morgan fingerprint density at radius 2 is 2.00 bits per heavy atom. The summed E-state index contributed by atoms with van der Waals surface area (Å²) < 4.78 is 0. The van der Waals surface area contributed by atoms with E-state index in [1.165, 1.54) is 0 Å². The molecule has 0 aromatic heterocycles. The van der Waals surface area contributed by atoms with E-state index in [-0.39, 0.29) is 5.78 Å². The number of carbonyl (C=O) groups excluding carboxylic acids is 1. The molecular formula is C9H10O. The van der Waals surface area contributed by atoms with Gasteiger partial charge in [0.2, 0.25) is 5.78 Å². The second kappa shape index (κ2) is 5.92. The summed E-state index contributed by atoms with van der Waals surface area (Å²) in [5.74, 6) is 10.2. The highest BCUT2D eigenvalue weighted by atomic mass is 16.1. The maximum atomic E-state index is 10.5. The van der Waals surface area contributed by atoms with E-state index in [1.54, 1.807) is 6.92 Å². The third-order valence-corrected chi connectivity index (χ3v) is 0.851. The molecule has 1 nitrogen and oxygen atoms in total. The smallest absolute Gasteiger partial charge is 0.206 e. The van der Waals surface area contributed by atoms with Crippen LogP contribution in [-0.4, -0.2) is 5.78 Å². The molecule has 0 spiro atoms. The fourth-order valence-corrected chi connectivity index (χ4v) is 0.322. The van der Waals surface area contributed by atoms with E-state index in [0.717, 1.165) is 6.42 Å². The molecule has 0 N–H and O–H groups in total. The van der Waals surface area contributed by atoms with Gasteiger partial charge in [-0.2, -0.15) is 0 Å². The first-order valence-electron chi connectivity index (χ1n) is 3.33. The fourth-order valence-electron chi connectivity index (χ4n) is 0.322. The minimum atomic E-state index is -0.0506. The van der Waals surface area contributed by atoms with Crippen LogP contribution in [0, 0.1) is 23.7 Å². The first kappa shape index (κ1) is 8.79. The number of hydrogen-bond acceptors (Lipinski definition) is 1. The minimum Gasteiger partial charge on any atom is -0.285 e. The molecule has 0 radical (unpaired) electrons. The summed E-state index contributed by atoms with van der Waals surface area (Å²) in [4.78, 5) is 10.5. The second-order valence-corrected chi connectivity index (χ2v) is 1.68. The molecule has 0 aromatic rings. The number of Topliss-reactive ketones (excluding diaryl/α,β-unsaturated/α-hetero) is 1. The van der Waals surface area contributed by atoms with Gasteiger partial charge in [-0.1, -0.05) is 19.8 Å². The number of carbonyl (C=O) groups is 1. The minimum absolute atomic E-state index is 0.0506. The van der Waals surface area contributed by atoms with Crippen molar-refractivity contribution in [3.8, 4) is 23.7 Å². The van der Waals surface area contributed by atoms with Crippen LogP contribution in [0.15, 0.2) is 0 Å². The lowest BCUT2D eigenvalue weighted by atomic mass is 10.3. The molecule has 0 saturated heterocycles. The topological polar surface area (TPSA) is 17.1 Å².